The number of halogens is 1. The van der Waals surface area contributed by atoms with E-state index in [4.69, 9.17) is 0 Å². The maximum Gasteiger partial charge on any atom is 0.356 e. The Balaban J connectivity index is 2.35. The van der Waals surface area contributed by atoms with E-state index in [0.717, 1.165) is 26.3 Å². The zero-order valence-electron chi connectivity index (χ0n) is 12.1. The summed E-state index contributed by atoms with van der Waals surface area (Å²) in [7, 11) is 0. The number of carboxylic acid groups (broad SMARTS) is 1. The van der Waals surface area contributed by atoms with E-state index < -0.39 is 5.97 Å². The van der Waals surface area contributed by atoms with Gasteiger partial charge >= 0.3 is 5.97 Å². The van der Waals surface area contributed by atoms with Crippen molar-refractivity contribution in [2.45, 2.75) is 5.75 Å². The van der Waals surface area contributed by atoms with Crippen LogP contribution in [0.5, 0.6) is 0 Å². The van der Waals surface area contributed by atoms with Gasteiger partial charge in [0, 0.05) is 26.3 Å². The summed E-state index contributed by atoms with van der Waals surface area (Å²) in [6, 6.07) is 9.48. The van der Waals surface area contributed by atoms with Crippen molar-refractivity contribution >= 4 is 39.2 Å². The Hall–Kier alpha value is -2.05. The molecule has 1 aliphatic heterocycles. The summed E-state index contributed by atoms with van der Waals surface area (Å²) in [6.45, 7) is 7.82. The first kappa shape index (κ1) is 15.8. The van der Waals surface area contributed by atoms with E-state index in [9.17, 15) is 9.90 Å². The summed E-state index contributed by atoms with van der Waals surface area (Å²) in [6.07, 6.45) is 1.72. The molecule has 23 heavy (non-hydrogen) atoms. The van der Waals surface area contributed by atoms with Gasteiger partial charge in [0.25, 0.3) is 0 Å². The Morgan fingerprint density at radius 2 is 2.09 bits per heavy atom. The number of para-hydroxylation sites is 1. The molecule has 116 valence electrons. The van der Waals surface area contributed by atoms with Crippen molar-refractivity contribution in [3.8, 4) is 5.69 Å². The number of rotatable bonds is 4. The second-order valence-electron chi connectivity index (χ2n) is 4.87. The Bertz CT molecular complexity index is 853. The molecule has 1 aromatic carbocycles. The van der Waals surface area contributed by atoms with Gasteiger partial charge in [0.2, 0.25) is 0 Å². The lowest BCUT2D eigenvalue weighted by atomic mass is 10.1. The zero-order valence-corrected chi connectivity index (χ0v) is 14.5. The number of carbonyl (C=O) groups is 1. The first-order chi connectivity index (χ1) is 11.0. The highest BCUT2D eigenvalue weighted by Gasteiger charge is 2.30. The molecule has 0 unspecified atom stereocenters. The quantitative estimate of drug-likeness (QED) is 0.829. The van der Waals surface area contributed by atoms with Crippen LogP contribution in [0.25, 0.3) is 11.3 Å². The third-order valence-corrected chi connectivity index (χ3v) is 5.34. The molecular weight excluding hydrogens is 376 g/mol. The third-order valence-electron chi connectivity index (χ3n) is 3.50. The molecular formula is C17H13BrN2O2S. The van der Waals surface area contributed by atoms with Crippen LogP contribution in [0.3, 0.4) is 0 Å². The zero-order chi connectivity index (χ0) is 16.6. The number of aromatic carboxylic acids is 1. The van der Waals surface area contributed by atoms with Gasteiger partial charge in [-0.15, -0.1) is 11.8 Å². The average molecular weight is 389 g/mol. The summed E-state index contributed by atoms with van der Waals surface area (Å²) in [5, 5.41) is 13.8. The van der Waals surface area contributed by atoms with Gasteiger partial charge in [0.1, 0.15) is 0 Å². The van der Waals surface area contributed by atoms with Gasteiger partial charge in [0.05, 0.1) is 11.4 Å². The first-order valence-corrected chi connectivity index (χ1v) is 8.57. The topological polar surface area (TPSA) is 55.1 Å². The van der Waals surface area contributed by atoms with Crippen LogP contribution >= 0.6 is 27.7 Å². The lowest BCUT2D eigenvalue weighted by Gasteiger charge is -2.19. The van der Waals surface area contributed by atoms with E-state index in [2.05, 4.69) is 34.2 Å². The standard InChI is InChI=1S/C17H13BrN2O2S/c1-3-12-15-13(9-23-16(12)10(2)18)14(17(21)22)19-20(15)11-7-5-4-6-8-11/h3-8H,1-2,9H2,(H,21,22). The second kappa shape index (κ2) is 6.22. The number of carboxylic acids is 1. The largest absolute Gasteiger partial charge is 0.476 e. The number of nitrogens with zero attached hydrogens (tertiary/aromatic N) is 2. The third kappa shape index (κ3) is 2.68. The minimum Gasteiger partial charge on any atom is -0.476 e. The fourth-order valence-corrected chi connectivity index (χ4v) is 4.15. The molecule has 0 bridgehead atoms. The van der Waals surface area contributed by atoms with Crippen LogP contribution in [0.4, 0.5) is 0 Å². The molecule has 0 aliphatic carbocycles. The highest BCUT2D eigenvalue weighted by molar-refractivity contribution is 9.12. The van der Waals surface area contributed by atoms with Gasteiger partial charge in [-0.05, 0) is 12.1 Å². The number of hydrogen-bond donors (Lipinski definition) is 1. The highest BCUT2D eigenvalue weighted by atomic mass is 79.9. The Morgan fingerprint density at radius 1 is 1.39 bits per heavy atom. The van der Waals surface area contributed by atoms with E-state index in [-0.39, 0.29) is 5.69 Å². The van der Waals surface area contributed by atoms with E-state index in [1.165, 1.54) is 11.8 Å². The smallest absolute Gasteiger partial charge is 0.356 e. The van der Waals surface area contributed by atoms with Gasteiger partial charge in [-0.3, -0.25) is 0 Å². The van der Waals surface area contributed by atoms with Crippen molar-refractivity contribution in [3.05, 3.63) is 75.9 Å². The van der Waals surface area contributed by atoms with Gasteiger partial charge in [-0.25, -0.2) is 9.48 Å². The summed E-state index contributed by atoms with van der Waals surface area (Å²) >= 11 is 4.95. The van der Waals surface area contributed by atoms with Gasteiger partial charge < -0.3 is 5.11 Å². The molecule has 1 N–H and O–H groups in total. The molecule has 0 spiro atoms. The summed E-state index contributed by atoms with van der Waals surface area (Å²) < 4.78 is 2.42. The number of thioether (sulfide) groups is 1. The number of hydrogen-bond acceptors (Lipinski definition) is 3. The SMILES string of the molecule is C=CC1=C(C(=C)Br)SCc2c(C(=O)O)nn(-c3ccccc3)c21. The van der Waals surface area contributed by atoms with Crippen LogP contribution in [0.15, 0.2) is 59.0 Å². The molecule has 2 aromatic rings. The molecule has 2 heterocycles. The second-order valence-corrected chi connectivity index (χ2v) is 6.81. The van der Waals surface area contributed by atoms with E-state index >= 15 is 0 Å². The molecule has 1 aliphatic rings. The predicted molar refractivity (Wildman–Crippen MR) is 97.0 cm³/mol. The van der Waals surface area contributed by atoms with E-state index in [1.807, 2.05) is 30.3 Å². The Kier molecular flexibility index (Phi) is 4.28. The van der Waals surface area contributed by atoms with Crippen LogP contribution in [0.1, 0.15) is 21.7 Å². The minimum atomic E-state index is -1.03. The molecule has 6 heteroatoms. The average Bonchev–Trinajstić information content (AvgIpc) is 2.94. The van der Waals surface area contributed by atoms with Crippen LogP contribution in [-0.2, 0) is 5.75 Å². The lowest BCUT2D eigenvalue weighted by Crippen LogP contribution is -2.06. The molecule has 4 nitrogen and oxygen atoms in total. The molecule has 3 rings (SSSR count). The van der Waals surface area contributed by atoms with E-state index in [0.29, 0.717) is 11.3 Å². The fraction of sp³-hybridized carbons (Fsp3) is 0.0588. The van der Waals surface area contributed by atoms with Gasteiger partial charge in [0.15, 0.2) is 5.69 Å². The molecule has 0 atom stereocenters. The molecule has 0 saturated carbocycles. The van der Waals surface area contributed by atoms with Crippen molar-refractivity contribution in [3.63, 3.8) is 0 Å². The fourth-order valence-electron chi connectivity index (χ4n) is 2.54. The highest BCUT2D eigenvalue weighted by Crippen LogP contribution is 2.44. The molecule has 0 fully saturated rings. The van der Waals surface area contributed by atoms with Crippen LogP contribution in [0, 0.1) is 0 Å². The first-order valence-electron chi connectivity index (χ1n) is 6.80. The predicted octanol–water partition coefficient (Wildman–Crippen LogP) is 4.62. The summed E-state index contributed by atoms with van der Waals surface area (Å²) in [5.41, 5.74) is 3.19. The Morgan fingerprint density at radius 3 is 2.65 bits per heavy atom. The number of aromatic nitrogens is 2. The Labute approximate surface area is 146 Å². The van der Waals surface area contributed by atoms with Crippen LogP contribution < -0.4 is 0 Å². The van der Waals surface area contributed by atoms with Crippen molar-refractivity contribution in [2.75, 3.05) is 0 Å². The normalized spacial score (nSPS) is 13.6. The van der Waals surface area contributed by atoms with Crippen molar-refractivity contribution in [1.82, 2.24) is 9.78 Å². The maximum absolute atomic E-state index is 11.6. The number of benzene rings is 1. The maximum atomic E-state index is 11.6. The lowest BCUT2D eigenvalue weighted by molar-refractivity contribution is 0.0689. The summed E-state index contributed by atoms with van der Waals surface area (Å²) in [5.74, 6) is -0.498. The van der Waals surface area contributed by atoms with Crippen LogP contribution in [0.2, 0.25) is 0 Å². The summed E-state index contributed by atoms with van der Waals surface area (Å²) in [4.78, 5) is 12.5. The number of fused-ring (bicyclic) bond motifs is 1. The molecule has 0 amide bonds. The van der Waals surface area contributed by atoms with Gasteiger partial charge in [-0.1, -0.05) is 53.4 Å². The van der Waals surface area contributed by atoms with Crippen LogP contribution in [-0.4, -0.2) is 20.9 Å². The van der Waals surface area contributed by atoms with E-state index in [1.54, 1.807) is 10.8 Å². The molecule has 0 radical (unpaired) electrons. The van der Waals surface area contributed by atoms with Crippen molar-refractivity contribution < 1.29 is 9.90 Å². The van der Waals surface area contributed by atoms with Crippen molar-refractivity contribution in [2.24, 2.45) is 0 Å². The number of allylic oxidation sites excluding steroid dienone is 3. The monoisotopic (exact) mass is 388 g/mol. The molecule has 0 saturated heterocycles. The van der Waals surface area contributed by atoms with Crippen molar-refractivity contribution in [1.29, 1.82) is 0 Å². The minimum absolute atomic E-state index is 0.0786. The molecule has 1 aromatic heterocycles. The van der Waals surface area contributed by atoms with Gasteiger partial charge in [-0.2, -0.15) is 5.10 Å².